The van der Waals surface area contributed by atoms with Gasteiger partial charge in [0.05, 0.1) is 6.04 Å². The van der Waals surface area contributed by atoms with E-state index in [2.05, 4.69) is 20.9 Å². The summed E-state index contributed by atoms with van der Waals surface area (Å²) in [6.07, 6.45) is 1.15. The van der Waals surface area contributed by atoms with Gasteiger partial charge in [0.1, 0.15) is 30.2 Å². The molecule has 0 aliphatic heterocycles. The molecule has 0 fully saturated rings. The van der Waals surface area contributed by atoms with E-state index < -0.39 is 42.0 Å². The average Bonchev–Trinajstić information content (AvgIpc) is 3.00. The lowest BCUT2D eigenvalue weighted by atomic mass is 9.96. The molecule has 2 aromatic carbocycles. The van der Waals surface area contributed by atoms with Gasteiger partial charge in [-0.2, -0.15) is 0 Å². The number of aromatic hydroxyl groups is 1. The normalized spacial score (nSPS) is 14.3. The molecule has 5 atom stereocenters. The summed E-state index contributed by atoms with van der Waals surface area (Å²) in [6.45, 7) is 3.98. The first-order valence-corrected chi connectivity index (χ1v) is 14.5. The van der Waals surface area contributed by atoms with Gasteiger partial charge in [-0.25, -0.2) is 0 Å². The van der Waals surface area contributed by atoms with Crippen molar-refractivity contribution in [3.8, 4) is 5.75 Å². The second kappa shape index (κ2) is 18.2. The van der Waals surface area contributed by atoms with Crippen molar-refractivity contribution >= 4 is 30.0 Å². The van der Waals surface area contributed by atoms with Gasteiger partial charge in [-0.05, 0) is 54.9 Å². The third kappa shape index (κ3) is 12.5. The summed E-state index contributed by atoms with van der Waals surface area (Å²) in [5, 5.41) is 28.2. The molecule has 12 heteroatoms. The van der Waals surface area contributed by atoms with Crippen molar-refractivity contribution in [1.82, 2.24) is 16.0 Å². The van der Waals surface area contributed by atoms with E-state index >= 15 is 0 Å². The van der Waals surface area contributed by atoms with Crippen LogP contribution in [0.15, 0.2) is 59.6 Å². The zero-order chi connectivity index (χ0) is 31.8. The zero-order valence-electron chi connectivity index (χ0n) is 24.7. The number of rotatable bonds is 18. The molecule has 12 nitrogen and oxygen atoms in total. The summed E-state index contributed by atoms with van der Waals surface area (Å²) in [5.41, 5.74) is 12.2. The van der Waals surface area contributed by atoms with Gasteiger partial charge in [-0.15, -0.1) is 0 Å². The Morgan fingerprint density at radius 3 is 2.19 bits per heavy atom. The lowest BCUT2D eigenvalue weighted by Crippen LogP contribution is -2.58. The minimum atomic E-state index is -1.45. The van der Waals surface area contributed by atoms with Crippen LogP contribution in [0.4, 0.5) is 0 Å². The number of aliphatic imine (C=N–C) groups is 1. The molecule has 0 heterocycles. The monoisotopic (exact) mass is 596 g/mol. The van der Waals surface area contributed by atoms with Gasteiger partial charge < -0.3 is 42.4 Å². The maximum absolute atomic E-state index is 13.6. The SMILES string of the molecule is CC[C@@H](C)[C@@H](NC(=O)C(CCc1ccccc1)NC(=O)C(O)Cc1ccc(O)cc1)C(=O)NC(C=O)CCCN=C(N)N. The van der Waals surface area contributed by atoms with Crippen molar-refractivity contribution < 1.29 is 29.4 Å². The number of aryl methyl sites for hydroxylation is 1. The molecule has 2 rings (SSSR count). The molecule has 0 aliphatic rings. The fourth-order valence-corrected chi connectivity index (χ4v) is 4.36. The van der Waals surface area contributed by atoms with Crippen LogP contribution in [0, 0.1) is 5.92 Å². The Morgan fingerprint density at radius 2 is 1.58 bits per heavy atom. The Hall–Kier alpha value is -4.45. The topological polar surface area (TPSA) is 209 Å². The summed E-state index contributed by atoms with van der Waals surface area (Å²) in [7, 11) is 0. The third-order valence-electron chi connectivity index (χ3n) is 7.12. The quantitative estimate of drug-likeness (QED) is 0.0562. The number of hydrogen-bond donors (Lipinski definition) is 7. The molecule has 9 N–H and O–H groups in total. The number of guanidine groups is 1. The Bertz CT molecular complexity index is 1200. The molecule has 0 saturated heterocycles. The molecule has 3 amide bonds. The van der Waals surface area contributed by atoms with Crippen molar-refractivity contribution in [2.24, 2.45) is 22.4 Å². The predicted octanol–water partition coefficient (Wildman–Crippen LogP) is 0.681. The maximum Gasteiger partial charge on any atom is 0.249 e. The van der Waals surface area contributed by atoms with Crippen molar-refractivity contribution in [2.45, 2.75) is 76.6 Å². The molecular formula is C31H44N6O6. The number of nitrogens with two attached hydrogens (primary N) is 2. The summed E-state index contributed by atoms with van der Waals surface area (Å²) >= 11 is 0. The predicted molar refractivity (Wildman–Crippen MR) is 164 cm³/mol. The first-order chi connectivity index (χ1) is 20.5. The highest BCUT2D eigenvalue weighted by Crippen LogP contribution is 2.13. The number of aldehydes is 1. The molecular weight excluding hydrogens is 552 g/mol. The van der Waals surface area contributed by atoms with Crippen LogP contribution >= 0.6 is 0 Å². The van der Waals surface area contributed by atoms with Crippen LogP contribution < -0.4 is 27.4 Å². The van der Waals surface area contributed by atoms with Gasteiger partial charge in [0.15, 0.2) is 5.96 Å². The van der Waals surface area contributed by atoms with Crippen LogP contribution in [0.1, 0.15) is 50.7 Å². The number of benzene rings is 2. The lowest BCUT2D eigenvalue weighted by molar-refractivity contribution is -0.136. The van der Waals surface area contributed by atoms with Crippen molar-refractivity contribution in [1.29, 1.82) is 0 Å². The highest BCUT2D eigenvalue weighted by Gasteiger charge is 2.31. The maximum atomic E-state index is 13.6. The first-order valence-electron chi connectivity index (χ1n) is 14.5. The molecule has 0 saturated carbocycles. The standard InChI is InChI=1S/C31H44N6O6/c1-3-20(2)27(30(43)35-23(19-38)10-7-17-34-31(32)33)37-28(41)25(16-13-21-8-5-4-6-9-21)36-29(42)26(40)18-22-11-14-24(39)15-12-22/h4-6,8-9,11-12,14-15,19-20,23,25-27,39-40H,3,7,10,13,16-18H2,1-2H3,(H,35,43)(H,36,42)(H,37,41)(H4,32,33,34)/t20-,23?,25?,26?,27-/m1/s1. The number of carbonyl (C=O) groups is 4. The second-order valence-corrected chi connectivity index (χ2v) is 10.5. The van der Waals surface area contributed by atoms with Gasteiger partial charge >= 0.3 is 0 Å². The molecule has 0 aromatic heterocycles. The van der Waals surface area contributed by atoms with E-state index in [0.717, 1.165) is 5.56 Å². The molecule has 0 radical (unpaired) electrons. The number of amides is 3. The molecule has 234 valence electrons. The Kier molecular flexibility index (Phi) is 14.7. The van der Waals surface area contributed by atoms with E-state index in [0.29, 0.717) is 44.1 Å². The van der Waals surface area contributed by atoms with Crippen LogP contribution in [-0.4, -0.2) is 71.0 Å². The van der Waals surface area contributed by atoms with Crippen molar-refractivity contribution in [2.75, 3.05) is 6.54 Å². The minimum Gasteiger partial charge on any atom is -0.508 e. The number of nitrogens with one attached hydrogen (secondary N) is 3. The Balaban J connectivity index is 2.15. The number of aliphatic hydroxyl groups is 1. The molecule has 2 aromatic rings. The average molecular weight is 597 g/mol. The van der Waals surface area contributed by atoms with Gasteiger partial charge in [-0.1, -0.05) is 62.7 Å². The number of phenolic OH excluding ortho intramolecular Hbond substituents is 1. The van der Waals surface area contributed by atoms with Crippen molar-refractivity contribution in [3.63, 3.8) is 0 Å². The van der Waals surface area contributed by atoms with E-state index in [1.165, 1.54) is 12.1 Å². The Morgan fingerprint density at radius 1 is 0.907 bits per heavy atom. The summed E-state index contributed by atoms with van der Waals surface area (Å²) in [4.78, 5) is 55.3. The van der Waals surface area contributed by atoms with Crippen LogP contribution in [0.3, 0.4) is 0 Å². The molecule has 0 bridgehead atoms. The van der Waals surface area contributed by atoms with Gasteiger partial charge in [0, 0.05) is 13.0 Å². The van der Waals surface area contributed by atoms with Gasteiger partial charge in [0.25, 0.3) is 0 Å². The number of aliphatic hydroxyl groups excluding tert-OH is 1. The molecule has 43 heavy (non-hydrogen) atoms. The molecule has 0 aliphatic carbocycles. The lowest BCUT2D eigenvalue weighted by Gasteiger charge is -2.28. The third-order valence-corrected chi connectivity index (χ3v) is 7.12. The van der Waals surface area contributed by atoms with Gasteiger partial charge in [0.2, 0.25) is 17.7 Å². The summed E-state index contributed by atoms with van der Waals surface area (Å²) in [6, 6.07) is 12.7. The fraction of sp³-hybridized carbons (Fsp3) is 0.452. The van der Waals surface area contributed by atoms with E-state index in [4.69, 9.17) is 11.5 Å². The van der Waals surface area contributed by atoms with E-state index in [-0.39, 0.29) is 30.5 Å². The largest absolute Gasteiger partial charge is 0.508 e. The number of phenols is 1. The smallest absolute Gasteiger partial charge is 0.249 e. The van der Waals surface area contributed by atoms with Crippen LogP contribution in [0.25, 0.3) is 0 Å². The zero-order valence-corrected chi connectivity index (χ0v) is 24.7. The number of carbonyl (C=O) groups excluding carboxylic acids is 4. The fourth-order valence-electron chi connectivity index (χ4n) is 4.36. The highest BCUT2D eigenvalue weighted by molar-refractivity contribution is 5.93. The van der Waals surface area contributed by atoms with Gasteiger partial charge in [-0.3, -0.25) is 19.4 Å². The van der Waals surface area contributed by atoms with Crippen LogP contribution in [0.2, 0.25) is 0 Å². The van der Waals surface area contributed by atoms with E-state index in [1.807, 2.05) is 37.3 Å². The molecule has 0 spiro atoms. The first kappa shape index (κ1) is 34.7. The number of nitrogens with zero attached hydrogens (tertiary/aromatic N) is 1. The second-order valence-electron chi connectivity index (χ2n) is 10.5. The number of hydrogen-bond acceptors (Lipinski definition) is 7. The summed E-state index contributed by atoms with van der Waals surface area (Å²) in [5.74, 6) is -2.14. The molecule has 3 unspecified atom stereocenters. The Labute approximate surface area is 252 Å². The van der Waals surface area contributed by atoms with E-state index in [1.54, 1.807) is 19.1 Å². The minimum absolute atomic E-state index is 0.0205. The summed E-state index contributed by atoms with van der Waals surface area (Å²) < 4.78 is 0. The van der Waals surface area contributed by atoms with Crippen LogP contribution in [-0.2, 0) is 32.0 Å². The van der Waals surface area contributed by atoms with E-state index in [9.17, 15) is 29.4 Å². The van der Waals surface area contributed by atoms with Crippen LogP contribution in [0.5, 0.6) is 5.75 Å². The highest BCUT2D eigenvalue weighted by atomic mass is 16.3. The van der Waals surface area contributed by atoms with Crippen molar-refractivity contribution in [3.05, 3.63) is 65.7 Å².